The number of nitrogens with one attached hydrogen (secondary N) is 2. The second-order valence-corrected chi connectivity index (χ2v) is 8.96. The van der Waals surface area contributed by atoms with E-state index >= 15 is 0 Å². The summed E-state index contributed by atoms with van der Waals surface area (Å²) in [7, 11) is -3.72. The van der Waals surface area contributed by atoms with Gasteiger partial charge < -0.3 is 10.1 Å². The summed E-state index contributed by atoms with van der Waals surface area (Å²) in [5.74, 6) is -0.186. The quantitative estimate of drug-likeness (QED) is 0.826. The van der Waals surface area contributed by atoms with E-state index in [-0.39, 0.29) is 5.88 Å². The highest BCUT2D eigenvalue weighted by atomic mass is 32.2. The van der Waals surface area contributed by atoms with Gasteiger partial charge in [0.15, 0.2) is 0 Å². The molecule has 2 amide bonds. The number of fused-ring (bicyclic) bond motifs is 2. The van der Waals surface area contributed by atoms with Crippen molar-refractivity contribution in [3.05, 3.63) is 28.3 Å². The molecule has 2 aliphatic carbocycles. The van der Waals surface area contributed by atoms with Crippen LogP contribution in [0, 0.1) is 0 Å². The van der Waals surface area contributed by atoms with Gasteiger partial charge in [0.25, 0.3) is 0 Å². The minimum absolute atomic E-state index is 0.186. The summed E-state index contributed by atoms with van der Waals surface area (Å²) in [4.78, 5) is 14.2. The number of aryl methyl sites for hydroxylation is 2. The maximum Gasteiger partial charge on any atom is 0.332 e. The number of rotatable bonds is 4. The van der Waals surface area contributed by atoms with Crippen molar-refractivity contribution in [3.63, 3.8) is 0 Å². The molecule has 26 heavy (non-hydrogen) atoms. The Bertz CT molecular complexity index is 784. The number of nitrogens with zero attached hydrogens (tertiary/aromatic N) is 1. The first-order chi connectivity index (χ1) is 12.5. The normalized spacial score (nSPS) is 19.8. The molecule has 1 heterocycles. The Kier molecular flexibility index (Phi) is 4.90. The smallest absolute Gasteiger partial charge is 0.332 e. The van der Waals surface area contributed by atoms with Crippen molar-refractivity contribution < 1.29 is 17.9 Å². The zero-order valence-electron chi connectivity index (χ0n) is 14.8. The van der Waals surface area contributed by atoms with Gasteiger partial charge in [-0.25, -0.2) is 17.9 Å². The lowest BCUT2D eigenvalue weighted by Gasteiger charge is -2.26. The fourth-order valence-electron chi connectivity index (χ4n) is 4.25. The number of carbonyl (C=O) groups excluding carboxylic acids is 1. The Labute approximate surface area is 154 Å². The number of hydrogen-bond acceptors (Lipinski definition) is 5. The van der Waals surface area contributed by atoms with E-state index in [2.05, 4.69) is 16.1 Å². The minimum atomic E-state index is -3.72. The monoisotopic (exact) mass is 379 g/mol. The molecule has 1 aliphatic heterocycles. The predicted molar refractivity (Wildman–Crippen MR) is 98.8 cm³/mol. The summed E-state index contributed by atoms with van der Waals surface area (Å²) in [5.41, 5.74) is 5.83. The van der Waals surface area contributed by atoms with Crippen molar-refractivity contribution in [1.29, 1.82) is 0 Å². The Morgan fingerprint density at radius 3 is 2.27 bits per heavy atom. The number of anilines is 1. The molecule has 1 aromatic rings. The molecule has 8 heteroatoms. The lowest BCUT2D eigenvalue weighted by atomic mass is 9.99. The second-order valence-electron chi connectivity index (χ2n) is 7.26. The zero-order valence-corrected chi connectivity index (χ0v) is 15.7. The van der Waals surface area contributed by atoms with Crippen molar-refractivity contribution in [2.45, 2.75) is 38.5 Å². The van der Waals surface area contributed by atoms with Gasteiger partial charge in [-0.15, -0.1) is 0 Å². The molecule has 142 valence electrons. The summed E-state index contributed by atoms with van der Waals surface area (Å²) in [6.07, 6.45) is 6.13. The molecule has 0 radical (unpaired) electrons. The average Bonchev–Trinajstić information content (AvgIpc) is 3.23. The van der Waals surface area contributed by atoms with Crippen molar-refractivity contribution >= 4 is 21.7 Å². The first-order valence-corrected chi connectivity index (χ1v) is 11.0. The van der Waals surface area contributed by atoms with Gasteiger partial charge >= 0.3 is 6.03 Å². The van der Waals surface area contributed by atoms with Gasteiger partial charge in [0, 0.05) is 18.8 Å². The zero-order chi connectivity index (χ0) is 18.1. The van der Waals surface area contributed by atoms with Crippen molar-refractivity contribution in [3.8, 4) is 0 Å². The lowest BCUT2D eigenvalue weighted by Crippen LogP contribution is -2.45. The Hall–Kier alpha value is -1.64. The summed E-state index contributed by atoms with van der Waals surface area (Å²) in [6, 6.07) is 1.62. The fraction of sp³-hybridized carbons (Fsp3) is 0.611. The molecule has 7 nitrogen and oxygen atoms in total. The average molecular weight is 379 g/mol. The molecular weight excluding hydrogens is 354 g/mol. The number of carbonyl (C=O) groups is 1. The number of sulfonamides is 1. The Morgan fingerprint density at radius 1 is 1.04 bits per heavy atom. The van der Waals surface area contributed by atoms with Crippen LogP contribution < -0.4 is 10.0 Å². The first kappa shape index (κ1) is 17.8. The number of morpholine rings is 1. The molecule has 0 spiro atoms. The van der Waals surface area contributed by atoms with Crippen LogP contribution in [0.5, 0.6) is 0 Å². The van der Waals surface area contributed by atoms with Crippen molar-refractivity contribution in [2.75, 3.05) is 37.5 Å². The van der Waals surface area contributed by atoms with Gasteiger partial charge in [-0.1, -0.05) is 6.07 Å². The third kappa shape index (κ3) is 3.72. The summed E-state index contributed by atoms with van der Waals surface area (Å²) >= 11 is 0. The molecule has 0 saturated carbocycles. The third-order valence-corrected chi connectivity index (χ3v) is 6.62. The van der Waals surface area contributed by atoms with Crippen LogP contribution in [0.2, 0.25) is 0 Å². The topological polar surface area (TPSA) is 87.7 Å². The van der Waals surface area contributed by atoms with Crippen molar-refractivity contribution in [1.82, 2.24) is 9.62 Å². The van der Waals surface area contributed by atoms with E-state index in [4.69, 9.17) is 4.74 Å². The molecule has 1 aromatic carbocycles. The molecule has 0 bridgehead atoms. The van der Waals surface area contributed by atoms with Crippen LogP contribution in [0.4, 0.5) is 10.5 Å². The van der Waals surface area contributed by atoms with Gasteiger partial charge in [0.05, 0.1) is 13.2 Å². The van der Waals surface area contributed by atoms with Gasteiger partial charge in [-0.2, -0.15) is 0 Å². The number of benzene rings is 1. The van der Waals surface area contributed by atoms with Crippen LogP contribution in [-0.4, -0.2) is 51.5 Å². The molecule has 2 N–H and O–H groups in total. The van der Waals surface area contributed by atoms with Crippen LogP contribution in [-0.2, 0) is 40.4 Å². The van der Waals surface area contributed by atoms with E-state index < -0.39 is 16.1 Å². The molecule has 1 fully saturated rings. The van der Waals surface area contributed by atoms with Gasteiger partial charge in [-0.05, 0) is 60.8 Å². The fourth-order valence-corrected chi connectivity index (χ4v) is 5.39. The molecule has 0 atom stereocenters. The molecule has 0 aromatic heterocycles. The highest BCUT2D eigenvalue weighted by Gasteiger charge is 2.26. The SMILES string of the molecule is O=C(Nc1c2c(cc3c1CCC3)CCC2)NS(=O)(=O)CN1CCOCC1. The van der Waals surface area contributed by atoms with E-state index in [1.165, 1.54) is 22.3 Å². The molecule has 4 rings (SSSR count). The first-order valence-electron chi connectivity index (χ1n) is 9.30. The largest absolute Gasteiger partial charge is 0.379 e. The maximum absolute atomic E-state index is 12.4. The van der Waals surface area contributed by atoms with E-state index in [9.17, 15) is 13.2 Å². The van der Waals surface area contributed by atoms with Crippen LogP contribution in [0.3, 0.4) is 0 Å². The molecule has 3 aliphatic rings. The van der Waals surface area contributed by atoms with Gasteiger partial charge in [0.1, 0.15) is 5.88 Å². The van der Waals surface area contributed by atoms with Crippen LogP contribution in [0.15, 0.2) is 6.07 Å². The van der Waals surface area contributed by atoms with Gasteiger partial charge in [-0.3, -0.25) is 4.90 Å². The van der Waals surface area contributed by atoms with E-state index in [0.29, 0.717) is 26.3 Å². The Balaban J connectivity index is 1.47. The highest BCUT2D eigenvalue weighted by molar-refractivity contribution is 7.89. The molecular formula is C18H25N3O4S. The molecule has 0 unspecified atom stereocenters. The van der Waals surface area contributed by atoms with E-state index in [1.54, 1.807) is 4.90 Å². The molecule has 1 saturated heterocycles. The third-order valence-electron chi connectivity index (χ3n) is 5.42. The summed E-state index contributed by atoms with van der Waals surface area (Å²) in [5, 5.41) is 2.86. The number of hydrogen-bond donors (Lipinski definition) is 2. The lowest BCUT2D eigenvalue weighted by molar-refractivity contribution is 0.0464. The number of urea groups is 1. The highest BCUT2D eigenvalue weighted by Crippen LogP contribution is 2.38. The van der Waals surface area contributed by atoms with Crippen LogP contribution >= 0.6 is 0 Å². The van der Waals surface area contributed by atoms with E-state index in [1.807, 2.05) is 0 Å². The van der Waals surface area contributed by atoms with Crippen molar-refractivity contribution in [2.24, 2.45) is 0 Å². The van der Waals surface area contributed by atoms with Crippen LogP contribution in [0.25, 0.3) is 0 Å². The Morgan fingerprint density at radius 2 is 1.65 bits per heavy atom. The second kappa shape index (κ2) is 7.17. The van der Waals surface area contributed by atoms with Gasteiger partial charge in [0.2, 0.25) is 10.0 Å². The maximum atomic E-state index is 12.4. The number of amides is 2. The number of ether oxygens (including phenoxy) is 1. The minimum Gasteiger partial charge on any atom is -0.379 e. The van der Waals surface area contributed by atoms with E-state index in [0.717, 1.165) is 44.2 Å². The van der Waals surface area contributed by atoms with Crippen LogP contribution in [0.1, 0.15) is 35.1 Å². The summed E-state index contributed by atoms with van der Waals surface area (Å²) in [6.45, 7) is 2.15. The summed E-state index contributed by atoms with van der Waals surface area (Å²) < 4.78 is 32.0. The predicted octanol–water partition coefficient (Wildman–Crippen LogP) is 1.41. The standard InChI is InChI=1S/C18H25N3O4S/c22-18(20-26(23,24)12-21-7-9-25-10-8-21)19-17-15-5-1-3-13(15)11-14-4-2-6-16(14)17/h11H,1-10,12H2,(H2,19,20,22).